The Kier molecular flexibility index (Phi) is 10.0. The number of aromatic nitrogens is 2. The minimum atomic E-state index is -1.73. The second kappa shape index (κ2) is 16.0. The molecular formula is C49H48IrN2OSi-2. The summed E-state index contributed by atoms with van der Waals surface area (Å²) < 4.78 is 42.0. The maximum atomic E-state index is 9.12. The van der Waals surface area contributed by atoms with E-state index >= 15 is 0 Å². The molecule has 5 aromatic carbocycles. The molecular weight excluding hydrogens is 853 g/mol. The fourth-order valence-corrected chi connectivity index (χ4v) is 8.24. The fourth-order valence-electron chi connectivity index (χ4n) is 6.66. The van der Waals surface area contributed by atoms with Crippen molar-refractivity contribution in [2.75, 3.05) is 0 Å². The monoisotopic (exact) mass is 905 g/mol. The van der Waals surface area contributed by atoms with Crippen molar-refractivity contribution in [3.63, 3.8) is 0 Å². The van der Waals surface area contributed by atoms with E-state index in [4.69, 9.17) is 9.90 Å². The predicted octanol–water partition coefficient (Wildman–Crippen LogP) is 13.1. The van der Waals surface area contributed by atoms with E-state index in [0.29, 0.717) is 28.0 Å². The molecule has 275 valence electrons. The van der Waals surface area contributed by atoms with Crippen LogP contribution in [0.3, 0.4) is 0 Å². The Morgan fingerprint density at radius 2 is 1.50 bits per heavy atom. The zero-order valence-electron chi connectivity index (χ0n) is 36.2. The summed E-state index contributed by atoms with van der Waals surface area (Å²) in [5.74, 6) is -0.609. The number of fused-ring (bicyclic) bond motifs is 4. The topological polar surface area (TPSA) is 38.9 Å². The molecule has 3 heterocycles. The van der Waals surface area contributed by atoms with Crippen molar-refractivity contribution in [3.8, 4) is 33.6 Å². The Morgan fingerprint density at radius 3 is 2.17 bits per heavy atom. The first kappa shape index (κ1) is 33.9. The van der Waals surface area contributed by atoms with Crippen LogP contribution in [0.4, 0.5) is 0 Å². The van der Waals surface area contributed by atoms with Crippen molar-refractivity contribution in [1.82, 2.24) is 9.97 Å². The summed E-state index contributed by atoms with van der Waals surface area (Å²) in [4.78, 5) is 9.27. The smallest absolute Gasteiger partial charge is 0.121 e. The molecule has 0 unspecified atom stereocenters. The Hall–Kier alpha value is -4.67. The zero-order chi connectivity index (χ0) is 40.9. The van der Waals surface area contributed by atoms with E-state index in [1.54, 1.807) is 6.07 Å². The van der Waals surface area contributed by atoms with Gasteiger partial charge >= 0.3 is 0 Å². The SMILES string of the molecule is [2H]C(C)(C)c1cc(-c2[c-]cccc2)ncc1[Si](C)(C)C.[2H]c1nc(-c2[c-]ccc3c2oc2cc4ccccc4cc23)cc(C([2H])([2H])C(C)(C)C)c1-c1ccccc1.[Ir]. The molecule has 1 radical (unpaired) electrons. The first-order chi connectivity index (χ1) is 26.8. The summed E-state index contributed by atoms with van der Waals surface area (Å²) in [6, 6.07) is 43.9. The maximum absolute atomic E-state index is 9.12. The van der Waals surface area contributed by atoms with Gasteiger partial charge < -0.3 is 14.4 Å². The zero-order valence-corrected chi connectivity index (χ0v) is 35.6. The molecule has 8 rings (SSSR count). The first-order valence-electron chi connectivity index (χ1n) is 20.2. The molecule has 3 aromatic heterocycles. The van der Waals surface area contributed by atoms with E-state index < -0.39 is 25.8 Å². The quantitative estimate of drug-likeness (QED) is 0.123. The van der Waals surface area contributed by atoms with Crippen LogP contribution in [0.1, 0.15) is 57.1 Å². The van der Waals surface area contributed by atoms with Crippen LogP contribution in [0.5, 0.6) is 0 Å². The van der Waals surface area contributed by atoms with Crippen molar-refractivity contribution < 1.29 is 30.0 Å². The summed E-state index contributed by atoms with van der Waals surface area (Å²) in [6.45, 7) is 16.4. The molecule has 5 heteroatoms. The molecule has 0 N–H and O–H groups in total. The number of rotatable bonds is 6. The van der Waals surface area contributed by atoms with Crippen molar-refractivity contribution in [2.24, 2.45) is 5.41 Å². The Balaban J connectivity index is 0.000000230. The Morgan fingerprint density at radius 1 is 0.796 bits per heavy atom. The summed E-state index contributed by atoms with van der Waals surface area (Å²) >= 11 is 0. The van der Waals surface area contributed by atoms with Crippen LogP contribution in [-0.2, 0) is 26.5 Å². The fraction of sp³-hybridized carbons (Fsp3) is 0.224. The van der Waals surface area contributed by atoms with E-state index in [9.17, 15) is 0 Å². The number of benzene rings is 5. The molecule has 0 aliphatic carbocycles. The third kappa shape index (κ3) is 8.50. The van der Waals surface area contributed by atoms with Gasteiger partial charge in [0.05, 0.1) is 15.0 Å². The summed E-state index contributed by atoms with van der Waals surface area (Å²) in [7, 11) is -1.50. The number of pyridine rings is 2. The minimum Gasteiger partial charge on any atom is -0.501 e. The van der Waals surface area contributed by atoms with E-state index in [2.05, 4.69) is 66.0 Å². The van der Waals surface area contributed by atoms with Gasteiger partial charge in [-0.05, 0) is 68.3 Å². The second-order valence-electron chi connectivity index (χ2n) is 15.8. The molecule has 0 bridgehead atoms. The van der Waals surface area contributed by atoms with Crippen LogP contribution in [0.2, 0.25) is 19.6 Å². The molecule has 54 heavy (non-hydrogen) atoms. The maximum Gasteiger partial charge on any atom is 0.121 e. The molecule has 0 aliphatic heterocycles. The van der Waals surface area contributed by atoms with Crippen LogP contribution in [0.15, 0.2) is 132 Å². The number of hydrogen-bond acceptors (Lipinski definition) is 3. The van der Waals surface area contributed by atoms with E-state index in [1.807, 2.05) is 126 Å². The molecule has 0 fully saturated rings. The summed E-state index contributed by atoms with van der Waals surface area (Å²) in [5.41, 5.74) is 6.49. The molecule has 0 atom stereocenters. The van der Waals surface area contributed by atoms with Crippen molar-refractivity contribution >= 4 is 46.0 Å². The molecule has 8 aromatic rings. The van der Waals surface area contributed by atoms with Gasteiger partial charge in [0, 0.05) is 47.5 Å². The summed E-state index contributed by atoms with van der Waals surface area (Å²) in [5, 5.41) is 5.44. The Labute approximate surface area is 340 Å². The second-order valence-corrected chi connectivity index (χ2v) is 20.9. The van der Waals surface area contributed by atoms with Crippen LogP contribution in [-0.4, -0.2) is 18.0 Å². The van der Waals surface area contributed by atoms with Gasteiger partial charge in [0.1, 0.15) is 5.58 Å². The van der Waals surface area contributed by atoms with Gasteiger partial charge in [-0.1, -0.05) is 138 Å². The Bertz CT molecular complexity index is 2730. The third-order valence-electron chi connectivity index (χ3n) is 9.20. The van der Waals surface area contributed by atoms with Gasteiger partial charge in [-0.15, -0.1) is 54.1 Å². The van der Waals surface area contributed by atoms with Gasteiger partial charge in [0.25, 0.3) is 0 Å². The van der Waals surface area contributed by atoms with Crippen LogP contribution in [0, 0.1) is 17.5 Å². The largest absolute Gasteiger partial charge is 0.501 e. The normalized spacial score (nSPS) is 13.3. The van der Waals surface area contributed by atoms with Crippen molar-refractivity contribution in [1.29, 1.82) is 0 Å². The standard InChI is InChI=1S/C32H26NO.C17H22NSi.Ir/c1-32(2,3)19-24-17-29(33-20-28(24)21-10-5-4-6-11-21)26-15-9-14-25-27-16-22-12-7-8-13-23(22)18-30(27)34-31(25)26;1-13(2)15-11-16(14-9-7-6-8-10-14)18-12-17(15)19(3,4)5;/h4-14,16-18,20H,19H2,1-3H3;6-9,11-13H,1-5H3;/q2*-1;/i19D2,20D;13D;. The molecule has 3 nitrogen and oxygen atoms in total. The number of nitrogens with zero attached hydrogens (tertiary/aromatic N) is 2. The number of hydrogen-bond donors (Lipinski definition) is 0. The number of furan rings is 1. The minimum absolute atomic E-state index is 0. The van der Waals surface area contributed by atoms with E-state index in [1.165, 1.54) is 5.19 Å². The van der Waals surface area contributed by atoms with Crippen LogP contribution in [0.25, 0.3) is 66.4 Å². The molecule has 0 spiro atoms. The predicted molar refractivity (Wildman–Crippen MR) is 227 cm³/mol. The molecule has 0 saturated heterocycles. The average molecular weight is 905 g/mol. The van der Waals surface area contributed by atoms with Gasteiger partial charge in [-0.2, -0.15) is 0 Å². The van der Waals surface area contributed by atoms with Crippen molar-refractivity contribution in [2.45, 2.75) is 66.5 Å². The molecule has 0 aliphatic rings. The molecule has 0 amide bonds. The van der Waals surface area contributed by atoms with Gasteiger partial charge in [-0.25, -0.2) is 0 Å². The summed E-state index contributed by atoms with van der Waals surface area (Å²) in [6.07, 6.45) is 0.276. The average Bonchev–Trinajstić information content (AvgIpc) is 3.53. The van der Waals surface area contributed by atoms with Gasteiger partial charge in [0.2, 0.25) is 0 Å². The van der Waals surface area contributed by atoms with Gasteiger partial charge in [0.15, 0.2) is 0 Å². The van der Waals surface area contributed by atoms with Crippen LogP contribution < -0.4 is 5.19 Å². The van der Waals surface area contributed by atoms with Crippen LogP contribution >= 0.6 is 0 Å². The van der Waals surface area contributed by atoms with E-state index in [0.717, 1.165) is 49.5 Å². The third-order valence-corrected chi connectivity index (χ3v) is 11.2. The first-order valence-corrected chi connectivity index (χ1v) is 21.7. The van der Waals surface area contributed by atoms with Gasteiger partial charge in [-0.3, -0.25) is 0 Å². The molecule has 0 saturated carbocycles. The van der Waals surface area contributed by atoms with E-state index in [-0.39, 0.29) is 26.3 Å². The van der Waals surface area contributed by atoms with Crippen molar-refractivity contribution in [3.05, 3.63) is 151 Å².